The number of carbonyl (C=O) groups is 2. The highest BCUT2D eigenvalue weighted by Gasteiger charge is 2.40. The molecule has 4 rings (SSSR count). The van der Waals surface area contributed by atoms with Gasteiger partial charge in [-0.1, -0.05) is 52.0 Å². The summed E-state index contributed by atoms with van der Waals surface area (Å²) in [7, 11) is 0. The van der Waals surface area contributed by atoms with Gasteiger partial charge in [-0.15, -0.1) is 11.8 Å². The van der Waals surface area contributed by atoms with Gasteiger partial charge in [-0.3, -0.25) is 14.5 Å². The van der Waals surface area contributed by atoms with Crippen LogP contribution in [0.5, 0.6) is 0 Å². The summed E-state index contributed by atoms with van der Waals surface area (Å²) in [6.45, 7) is 10.2. The van der Waals surface area contributed by atoms with Gasteiger partial charge in [0.05, 0.1) is 22.4 Å². The Morgan fingerprint density at radius 2 is 1.92 bits per heavy atom. The molecule has 1 aromatic heterocycles. The molecule has 0 saturated carbocycles. The highest BCUT2D eigenvalue weighted by molar-refractivity contribution is 8.00. The molecular weight excluding hydrogens is 494 g/mol. The molecule has 0 aliphatic carbocycles. The summed E-state index contributed by atoms with van der Waals surface area (Å²) in [6.07, 6.45) is 0.766. The van der Waals surface area contributed by atoms with E-state index in [1.165, 1.54) is 28.8 Å². The second-order valence-corrected chi connectivity index (χ2v) is 11.3. The number of para-hydroxylation sites is 1. The van der Waals surface area contributed by atoms with Crippen molar-refractivity contribution in [2.75, 3.05) is 23.7 Å². The zero-order valence-electron chi connectivity index (χ0n) is 21.8. The van der Waals surface area contributed by atoms with Crippen LogP contribution in [0.25, 0.3) is 5.69 Å². The number of carbonyl (C=O) groups excluding carboxylic acids is 2. The summed E-state index contributed by atoms with van der Waals surface area (Å²) in [5.74, 6) is -1.46. The first-order valence-corrected chi connectivity index (χ1v) is 13.4. The second kappa shape index (κ2) is 10.7. The van der Waals surface area contributed by atoms with Crippen LogP contribution in [-0.2, 0) is 15.0 Å². The number of anilines is 1. The van der Waals surface area contributed by atoms with Gasteiger partial charge < -0.3 is 5.32 Å². The molecule has 0 fully saturated rings. The lowest BCUT2D eigenvalue weighted by Crippen LogP contribution is -2.42. The molecule has 1 atom stereocenters. The molecule has 1 aliphatic heterocycles. The number of amides is 2. The van der Waals surface area contributed by atoms with Crippen LogP contribution in [-0.4, -0.2) is 40.4 Å². The molecule has 2 amide bonds. The molecule has 0 unspecified atom stereocenters. The third-order valence-electron chi connectivity index (χ3n) is 6.26. The third-order valence-corrected chi connectivity index (χ3v) is 7.50. The van der Waals surface area contributed by atoms with Crippen LogP contribution in [0.15, 0.2) is 42.5 Å². The number of aromatic nitrogens is 2. The Labute approximate surface area is 220 Å². The first kappa shape index (κ1) is 26.9. The van der Waals surface area contributed by atoms with E-state index >= 15 is 4.39 Å². The molecule has 0 spiro atoms. The van der Waals surface area contributed by atoms with Gasteiger partial charge in [-0.05, 0) is 31.0 Å². The third kappa shape index (κ3) is 5.42. The van der Waals surface area contributed by atoms with E-state index in [2.05, 4.69) is 5.32 Å². The number of rotatable bonds is 6. The number of halogens is 2. The van der Waals surface area contributed by atoms with E-state index in [0.717, 1.165) is 23.7 Å². The van der Waals surface area contributed by atoms with Crippen LogP contribution in [0, 0.1) is 18.6 Å². The highest BCUT2D eigenvalue weighted by Crippen LogP contribution is 2.49. The number of hydrogen-bond acceptors (Lipinski definition) is 4. The van der Waals surface area contributed by atoms with E-state index in [-0.39, 0.29) is 29.7 Å². The van der Waals surface area contributed by atoms with Crippen LogP contribution < -0.4 is 10.2 Å². The van der Waals surface area contributed by atoms with Crippen molar-refractivity contribution in [1.82, 2.24) is 15.1 Å². The fourth-order valence-electron chi connectivity index (χ4n) is 4.47. The molecule has 0 radical (unpaired) electrons. The average molecular weight is 527 g/mol. The average Bonchev–Trinajstić information content (AvgIpc) is 3.17. The van der Waals surface area contributed by atoms with E-state index < -0.39 is 22.3 Å². The van der Waals surface area contributed by atoms with Crippen LogP contribution >= 0.6 is 11.8 Å². The predicted molar refractivity (Wildman–Crippen MR) is 143 cm³/mol. The van der Waals surface area contributed by atoms with Gasteiger partial charge in [0.1, 0.15) is 24.0 Å². The van der Waals surface area contributed by atoms with Crippen molar-refractivity contribution in [1.29, 1.82) is 0 Å². The monoisotopic (exact) mass is 526 g/mol. The largest absolute Gasteiger partial charge is 0.355 e. The SMILES string of the molecule is CCCNC(=O)CN1C(=O)CS[C@@H](c2ccc(F)cc2F)c2c(C(C)(C)C)nn(-c3ccccc3C)c21. The van der Waals surface area contributed by atoms with Crippen LogP contribution in [0.4, 0.5) is 14.6 Å². The normalized spacial score (nSPS) is 15.9. The molecule has 6 nitrogen and oxygen atoms in total. The molecule has 1 N–H and O–H groups in total. The van der Waals surface area contributed by atoms with Gasteiger partial charge in [-0.2, -0.15) is 5.10 Å². The topological polar surface area (TPSA) is 67.2 Å². The molecule has 9 heteroatoms. The molecular formula is C28H32F2N4O2S. The van der Waals surface area contributed by atoms with E-state index in [9.17, 15) is 14.0 Å². The van der Waals surface area contributed by atoms with Crippen molar-refractivity contribution >= 4 is 29.4 Å². The van der Waals surface area contributed by atoms with Crippen molar-refractivity contribution in [2.24, 2.45) is 0 Å². The number of hydrogen-bond donors (Lipinski definition) is 1. The summed E-state index contributed by atoms with van der Waals surface area (Å²) in [5.41, 5.74) is 2.81. The Hall–Kier alpha value is -3.20. The van der Waals surface area contributed by atoms with E-state index in [4.69, 9.17) is 5.10 Å². The molecule has 3 aromatic rings. The maximum atomic E-state index is 15.2. The minimum atomic E-state index is -0.687. The quantitative estimate of drug-likeness (QED) is 0.464. The van der Waals surface area contributed by atoms with Crippen LogP contribution in [0.3, 0.4) is 0 Å². The van der Waals surface area contributed by atoms with Crippen molar-refractivity contribution in [3.8, 4) is 5.69 Å². The Morgan fingerprint density at radius 1 is 1.19 bits per heavy atom. The lowest BCUT2D eigenvalue weighted by molar-refractivity contribution is -0.122. The lowest BCUT2D eigenvalue weighted by atomic mass is 9.87. The van der Waals surface area contributed by atoms with Gasteiger partial charge in [-0.25, -0.2) is 13.5 Å². The molecule has 2 aromatic carbocycles. The highest BCUT2D eigenvalue weighted by atomic mass is 32.2. The first-order chi connectivity index (χ1) is 17.5. The number of aryl methyl sites for hydroxylation is 1. The van der Waals surface area contributed by atoms with Gasteiger partial charge in [0.2, 0.25) is 11.8 Å². The minimum Gasteiger partial charge on any atom is -0.355 e. The molecule has 37 heavy (non-hydrogen) atoms. The molecule has 1 aliphatic rings. The fraction of sp³-hybridized carbons (Fsp3) is 0.393. The molecule has 0 saturated heterocycles. The Kier molecular flexibility index (Phi) is 7.73. The summed E-state index contributed by atoms with van der Waals surface area (Å²) >= 11 is 1.26. The standard InChI is InChI=1S/C28H32F2N4O2S/c1-6-13-31-22(35)15-33-23(36)16-37-25(19-12-11-18(29)14-20(19)30)24-26(28(3,4)5)32-34(27(24)33)21-10-8-7-9-17(21)2/h7-12,14,25H,6,13,15-16H2,1-5H3,(H,31,35)/t25-/m0/s1. The lowest BCUT2D eigenvalue weighted by Gasteiger charge is -2.25. The number of nitrogens with zero attached hydrogens (tertiary/aromatic N) is 3. The maximum Gasteiger partial charge on any atom is 0.240 e. The molecule has 0 bridgehead atoms. The van der Waals surface area contributed by atoms with Crippen LogP contribution in [0.1, 0.15) is 61.7 Å². The molecule has 196 valence electrons. The Morgan fingerprint density at radius 3 is 2.57 bits per heavy atom. The van der Waals surface area contributed by atoms with E-state index in [1.54, 1.807) is 4.68 Å². The fourth-order valence-corrected chi connectivity index (χ4v) is 5.69. The van der Waals surface area contributed by atoms with Gasteiger partial charge in [0.25, 0.3) is 0 Å². The molecule has 2 heterocycles. The number of nitrogens with one attached hydrogen (secondary N) is 1. The van der Waals surface area contributed by atoms with Gasteiger partial charge in [0.15, 0.2) is 0 Å². The van der Waals surface area contributed by atoms with Crippen molar-refractivity contribution < 1.29 is 18.4 Å². The van der Waals surface area contributed by atoms with Crippen molar-refractivity contribution in [3.05, 3.63) is 76.5 Å². The zero-order chi connectivity index (χ0) is 26.9. The summed E-state index contributed by atoms with van der Waals surface area (Å²) < 4.78 is 30.7. The van der Waals surface area contributed by atoms with Crippen molar-refractivity contribution in [3.63, 3.8) is 0 Å². The minimum absolute atomic E-state index is 0.0224. The first-order valence-electron chi connectivity index (χ1n) is 12.4. The van der Waals surface area contributed by atoms with Crippen molar-refractivity contribution in [2.45, 2.75) is 51.7 Å². The number of benzene rings is 2. The van der Waals surface area contributed by atoms with Gasteiger partial charge >= 0.3 is 0 Å². The predicted octanol–water partition coefficient (Wildman–Crippen LogP) is 5.45. The summed E-state index contributed by atoms with van der Waals surface area (Å²) in [5, 5.41) is 7.21. The van der Waals surface area contributed by atoms with Gasteiger partial charge in [0, 0.05) is 29.2 Å². The summed E-state index contributed by atoms with van der Waals surface area (Å²) in [6, 6.07) is 11.2. The number of fused-ring (bicyclic) bond motifs is 1. The summed E-state index contributed by atoms with van der Waals surface area (Å²) in [4.78, 5) is 27.9. The smallest absolute Gasteiger partial charge is 0.240 e. The second-order valence-electron chi connectivity index (χ2n) is 10.2. The maximum absolute atomic E-state index is 15.2. The Bertz CT molecular complexity index is 1330. The van der Waals surface area contributed by atoms with E-state index in [0.29, 0.717) is 23.6 Å². The Balaban J connectivity index is 2.03. The van der Waals surface area contributed by atoms with Crippen LogP contribution in [0.2, 0.25) is 0 Å². The zero-order valence-corrected chi connectivity index (χ0v) is 22.6. The van der Waals surface area contributed by atoms with E-state index in [1.807, 2.05) is 58.9 Å². The number of thioether (sulfide) groups is 1.